The van der Waals surface area contributed by atoms with E-state index in [1.54, 1.807) is 37.3 Å². The number of carbonyl (C=O) groups is 2. The van der Waals surface area contributed by atoms with Crippen LogP contribution < -0.4 is 10.1 Å². The number of ketones is 1. The van der Waals surface area contributed by atoms with E-state index in [9.17, 15) is 9.59 Å². The summed E-state index contributed by atoms with van der Waals surface area (Å²) in [5.41, 5.74) is 1.00. The second-order valence-electron chi connectivity index (χ2n) is 4.39. The molecule has 0 saturated heterocycles. The van der Waals surface area contributed by atoms with Gasteiger partial charge in [0, 0.05) is 5.56 Å². The van der Waals surface area contributed by atoms with Crippen molar-refractivity contribution in [3.8, 4) is 5.75 Å². The number of ether oxygens (including phenoxy) is 1. The third kappa shape index (κ3) is 2.30. The summed E-state index contributed by atoms with van der Waals surface area (Å²) in [6.07, 6.45) is -0.528. The number of amides is 1. The normalized spacial score (nSPS) is 17.1. The summed E-state index contributed by atoms with van der Waals surface area (Å²) in [6, 6.07) is 8.36. The Kier molecular flexibility index (Phi) is 3.23. The van der Waals surface area contributed by atoms with Crippen LogP contribution in [0.1, 0.15) is 22.2 Å². The Hall–Kier alpha value is -1.85. The lowest BCUT2D eigenvalue weighted by atomic mass is 10.1. The quantitative estimate of drug-likeness (QED) is 0.866. The van der Waals surface area contributed by atoms with Crippen molar-refractivity contribution in [1.29, 1.82) is 0 Å². The van der Waals surface area contributed by atoms with Gasteiger partial charge in [0.15, 0.2) is 6.10 Å². The van der Waals surface area contributed by atoms with Crippen molar-refractivity contribution >= 4 is 40.3 Å². The molecule has 0 saturated carbocycles. The van der Waals surface area contributed by atoms with E-state index < -0.39 is 6.10 Å². The van der Waals surface area contributed by atoms with Crippen LogP contribution in [0.5, 0.6) is 5.75 Å². The van der Waals surface area contributed by atoms with Crippen LogP contribution in [0.4, 0.5) is 5.69 Å². The van der Waals surface area contributed by atoms with Crippen LogP contribution in [0.3, 0.4) is 0 Å². The van der Waals surface area contributed by atoms with Gasteiger partial charge >= 0.3 is 0 Å². The van der Waals surface area contributed by atoms with Gasteiger partial charge in [-0.15, -0.1) is 11.3 Å². The van der Waals surface area contributed by atoms with Crippen LogP contribution in [0.25, 0.3) is 0 Å². The molecule has 2 aromatic rings. The number of benzene rings is 1. The van der Waals surface area contributed by atoms with Gasteiger partial charge in [0.2, 0.25) is 5.78 Å². The fourth-order valence-electron chi connectivity index (χ4n) is 1.93. The highest BCUT2D eigenvalue weighted by atomic mass is 35.5. The molecule has 0 radical (unpaired) electrons. The third-order valence-corrected chi connectivity index (χ3v) is 4.20. The summed E-state index contributed by atoms with van der Waals surface area (Å²) in [6.45, 7) is 1.67. The molecule has 1 amide bonds. The molecule has 1 unspecified atom stereocenters. The van der Waals surface area contributed by atoms with E-state index in [1.165, 1.54) is 11.3 Å². The SMILES string of the molecule is CC1Oc2ccc(C(=O)c3ccc(Cl)s3)cc2NC1=O. The summed E-state index contributed by atoms with van der Waals surface area (Å²) < 4.78 is 6.01. The van der Waals surface area contributed by atoms with E-state index in [2.05, 4.69) is 5.32 Å². The van der Waals surface area contributed by atoms with Gasteiger partial charge in [-0.1, -0.05) is 11.6 Å². The lowest BCUT2D eigenvalue weighted by Crippen LogP contribution is -2.34. The summed E-state index contributed by atoms with van der Waals surface area (Å²) >= 11 is 7.06. The maximum absolute atomic E-state index is 12.3. The van der Waals surface area contributed by atoms with Crippen molar-refractivity contribution in [1.82, 2.24) is 0 Å². The molecule has 0 spiro atoms. The number of rotatable bonds is 2. The summed E-state index contributed by atoms with van der Waals surface area (Å²) in [5.74, 6) is 0.219. The molecule has 6 heteroatoms. The standard InChI is InChI=1S/C14H10ClNO3S/c1-7-14(18)16-9-6-8(2-3-10(9)19-7)13(17)11-4-5-12(15)20-11/h2-7H,1H3,(H,16,18). The molecule has 1 aliphatic rings. The molecule has 102 valence electrons. The lowest BCUT2D eigenvalue weighted by molar-refractivity contribution is -0.122. The average molecular weight is 308 g/mol. The molecule has 1 N–H and O–H groups in total. The Morgan fingerprint density at radius 3 is 2.85 bits per heavy atom. The van der Waals surface area contributed by atoms with Gasteiger partial charge in [0.1, 0.15) is 5.75 Å². The Morgan fingerprint density at radius 1 is 1.35 bits per heavy atom. The number of anilines is 1. The average Bonchev–Trinajstić information content (AvgIpc) is 2.85. The first kappa shape index (κ1) is 13.1. The fraction of sp³-hybridized carbons (Fsp3) is 0.143. The minimum Gasteiger partial charge on any atom is -0.479 e. The summed E-state index contributed by atoms with van der Waals surface area (Å²) in [7, 11) is 0. The van der Waals surface area contributed by atoms with Gasteiger partial charge in [0.05, 0.1) is 14.9 Å². The molecular formula is C14H10ClNO3S. The fourth-order valence-corrected chi connectivity index (χ4v) is 2.93. The monoisotopic (exact) mass is 307 g/mol. The molecule has 0 bridgehead atoms. The highest BCUT2D eigenvalue weighted by Crippen LogP contribution is 2.32. The largest absolute Gasteiger partial charge is 0.479 e. The van der Waals surface area contributed by atoms with Crippen molar-refractivity contribution in [2.45, 2.75) is 13.0 Å². The minimum absolute atomic E-state index is 0.127. The molecule has 3 rings (SSSR count). The second-order valence-corrected chi connectivity index (χ2v) is 6.11. The Bertz CT molecular complexity index is 710. The number of thiophene rings is 1. The van der Waals surface area contributed by atoms with Gasteiger partial charge in [-0.2, -0.15) is 0 Å². The van der Waals surface area contributed by atoms with Gasteiger partial charge in [-0.25, -0.2) is 0 Å². The van der Waals surface area contributed by atoms with Crippen molar-refractivity contribution in [3.05, 3.63) is 45.1 Å². The topological polar surface area (TPSA) is 55.4 Å². The van der Waals surface area contributed by atoms with Crippen LogP contribution in [0.15, 0.2) is 30.3 Å². The maximum atomic E-state index is 12.3. The maximum Gasteiger partial charge on any atom is 0.265 e. The van der Waals surface area contributed by atoms with E-state index in [4.69, 9.17) is 16.3 Å². The van der Waals surface area contributed by atoms with Crippen LogP contribution in [-0.4, -0.2) is 17.8 Å². The van der Waals surface area contributed by atoms with Gasteiger partial charge in [-0.05, 0) is 37.3 Å². The van der Waals surface area contributed by atoms with Crippen molar-refractivity contribution in [2.75, 3.05) is 5.32 Å². The minimum atomic E-state index is -0.528. The zero-order valence-corrected chi connectivity index (χ0v) is 12.0. The van der Waals surface area contributed by atoms with E-state index in [0.29, 0.717) is 26.2 Å². The second kappa shape index (κ2) is 4.92. The van der Waals surface area contributed by atoms with Gasteiger partial charge < -0.3 is 10.1 Å². The molecule has 0 aliphatic carbocycles. The molecule has 4 nitrogen and oxygen atoms in total. The molecule has 1 atom stereocenters. The summed E-state index contributed by atoms with van der Waals surface area (Å²) in [4.78, 5) is 24.4. The molecular weight excluding hydrogens is 298 g/mol. The number of fused-ring (bicyclic) bond motifs is 1. The highest BCUT2D eigenvalue weighted by molar-refractivity contribution is 7.18. The van der Waals surface area contributed by atoms with E-state index in [1.807, 2.05) is 0 Å². The predicted molar refractivity (Wildman–Crippen MR) is 77.9 cm³/mol. The van der Waals surface area contributed by atoms with Crippen LogP contribution >= 0.6 is 22.9 Å². The zero-order chi connectivity index (χ0) is 14.3. The number of hydrogen-bond donors (Lipinski definition) is 1. The highest BCUT2D eigenvalue weighted by Gasteiger charge is 2.24. The number of hydrogen-bond acceptors (Lipinski definition) is 4. The molecule has 1 aliphatic heterocycles. The first-order valence-corrected chi connectivity index (χ1v) is 7.15. The van der Waals surface area contributed by atoms with Crippen LogP contribution in [0.2, 0.25) is 4.34 Å². The Morgan fingerprint density at radius 2 is 2.15 bits per heavy atom. The first-order valence-electron chi connectivity index (χ1n) is 5.96. The van der Waals surface area contributed by atoms with Gasteiger partial charge in [-0.3, -0.25) is 9.59 Å². The molecule has 1 aromatic carbocycles. The van der Waals surface area contributed by atoms with Crippen molar-refractivity contribution in [3.63, 3.8) is 0 Å². The number of nitrogens with one attached hydrogen (secondary N) is 1. The van der Waals surface area contributed by atoms with E-state index in [-0.39, 0.29) is 11.7 Å². The lowest BCUT2D eigenvalue weighted by Gasteiger charge is -2.23. The molecule has 20 heavy (non-hydrogen) atoms. The predicted octanol–water partition coefficient (Wildman–Crippen LogP) is 3.35. The van der Waals surface area contributed by atoms with E-state index >= 15 is 0 Å². The zero-order valence-electron chi connectivity index (χ0n) is 10.5. The number of halogens is 1. The molecule has 0 fully saturated rings. The Labute approximate surface area is 124 Å². The number of carbonyl (C=O) groups excluding carboxylic acids is 2. The third-order valence-electron chi connectivity index (χ3n) is 2.97. The van der Waals surface area contributed by atoms with Crippen molar-refractivity contribution < 1.29 is 14.3 Å². The smallest absolute Gasteiger partial charge is 0.265 e. The first-order chi connectivity index (χ1) is 9.54. The van der Waals surface area contributed by atoms with Crippen LogP contribution in [0, 0.1) is 0 Å². The van der Waals surface area contributed by atoms with E-state index in [0.717, 1.165) is 0 Å². The van der Waals surface area contributed by atoms with Crippen molar-refractivity contribution in [2.24, 2.45) is 0 Å². The van der Waals surface area contributed by atoms with Crippen LogP contribution in [-0.2, 0) is 4.79 Å². The summed E-state index contributed by atoms with van der Waals surface area (Å²) in [5, 5.41) is 2.72. The van der Waals surface area contributed by atoms with Gasteiger partial charge in [0.25, 0.3) is 5.91 Å². The Balaban J connectivity index is 1.95. The molecule has 1 aromatic heterocycles. The molecule has 2 heterocycles.